The fourth-order valence-corrected chi connectivity index (χ4v) is 1.58. The molecule has 0 aliphatic carbocycles. The lowest BCUT2D eigenvalue weighted by Crippen LogP contribution is -2.06. The maximum Gasteiger partial charge on any atom is 0.416 e. The summed E-state index contributed by atoms with van der Waals surface area (Å²) in [7, 11) is 0. The number of nitrogens with one attached hydrogen (secondary N) is 1. The van der Waals surface area contributed by atoms with Crippen LogP contribution in [0.15, 0.2) is 36.5 Å². The van der Waals surface area contributed by atoms with Crippen LogP contribution >= 0.6 is 11.6 Å². The van der Waals surface area contributed by atoms with E-state index in [1.807, 2.05) is 0 Å². The van der Waals surface area contributed by atoms with Crippen LogP contribution in [0.2, 0.25) is 5.02 Å². The fraction of sp³-hybridized carbons (Fsp3) is 0.0833. The molecule has 0 saturated heterocycles. The SMILES string of the molecule is Fc1ccc(Nc2cc(C(F)(F)F)ccn2)cc1Cl. The van der Waals surface area contributed by atoms with Gasteiger partial charge in [0.2, 0.25) is 0 Å². The van der Waals surface area contributed by atoms with E-state index in [-0.39, 0.29) is 10.8 Å². The highest BCUT2D eigenvalue weighted by molar-refractivity contribution is 6.31. The van der Waals surface area contributed by atoms with Crippen LogP contribution in [0.1, 0.15) is 5.56 Å². The second-order valence-electron chi connectivity index (χ2n) is 3.68. The summed E-state index contributed by atoms with van der Waals surface area (Å²) in [5.41, 5.74) is -0.476. The van der Waals surface area contributed by atoms with Gasteiger partial charge in [0.05, 0.1) is 10.6 Å². The smallest absolute Gasteiger partial charge is 0.340 e. The van der Waals surface area contributed by atoms with Gasteiger partial charge in [0.1, 0.15) is 11.6 Å². The highest BCUT2D eigenvalue weighted by atomic mass is 35.5. The maximum absolute atomic E-state index is 12.9. The number of anilines is 2. The van der Waals surface area contributed by atoms with Gasteiger partial charge in [-0.05, 0) is 30.3 Å². The van der Waals surface area contributed by atoms with Gasteiger partial charge < -0.3 is 5.32 Å². The van der Waals surface area contributed by atoms with E-state index in [1.165, 1.54) is 12.1 Å². The van der Waals surface area contributed by atoms with E-state index in [4.69, 9.17) is 11.6 Å². The molecule has 0 spiro atoms. The van der Waals surface area contributed by atoms with E-state index in [1.54, 1.807) is 0 Å². The Kier molecular flexibility index (Phi) is 3.61. The van der Waals surface area contributed by atoms with Crippen LogP contribution in [0.25, 0.3) is 0 Å². The van der Waals surface area contributed by atoms with Crippen molar-refractivity contribution in [3.8, 4) is 0 Å². The molecule has 0 unspecified atom stereocenters. The third-order valence-corrected chi connectivity index (χ3v) is 2.57. The van der Waals surface area contributed by atoms with Gasteiger partial charge in [-0.1, -0.05) is 11.6 Å². The number of nitrogens with zero attached hydrogens (tertiary/aromatic N) is 1. The number of benzene rings is 1. The Bertz CT molecular complexity index is 599. The average molecular weight is 291 g/mol. The van der Waals surface area contributed by atoms with Crippen LogP contribution < -0.4 is 5.32 Å². The van der Waals surface area contributed by atoms with E-state index in [0.29, 0.717) is 5.69 Å². The van der Waals surface area contributed by atoms with Gasteiger partial charge in [0.25, 0.3) is 0 Å². The van der Waals surface area contributed by atoms with E-state index in [0.717, 1.165) is 24.4 Å². The monoisotopic (exact) mass is 290 g/mol. The predicted octanol–water partition coefficient (Wildman–Crippen LogP) is 4.64. The maximum atomic E-state index is 12.9. The summed E-state index contributed by atoms with van der Waals surface area (Å²) in [6.45, 7) is 0. The van der Waals surface area contributed by atoms with Gasteiger partial charge in [0.15, 0.2) is 0 Å². The standard InChI is InChI=1S/C12H7ClF4N2/c13-9-6-8(1-2-10(9)14)19-11-5-7(3-4-18-11)12(15,16)17/h1-6H,(H,18,19). The van der Waals surface area contributed by atoms with Crippen LogP contribution in [0.3, 0.4) is 0 Å². The summed E-state index contributed by atoms with van der Waals surface area (Å²) < 4.78 is 50.4. The molecule has 0 aliphatic heterocycles. The highest BCUT2D eigenvalue weighted by Crippen LogP contribution is 2.30. The molecule has 0 amide bonds. The van der Waals surface area contributed by atoms with Crippen molar-refractivity contribution in [1.29, 1.82) is 0 Å². The minimum Gasteiger partial charge on any atom is -0.340 e. The van der Waals surface area contributed by atoms with Gasteiger partial charge in [-0.2, -0.15) is 13.2 Å². The van der Waals surface area contributed by atoms with Crippen LogP contribution in [-0.2, 0) is 6.18 Å². The zero-order valence-electron chi connectivity index (χ0n) is 9.30. The van der Waals surface area contributed by atoms with Crippen molar-refractivity contribution in [2.45, 2.75) is 6.18 Å². The van der Waals surface area contributed by atoms with E-state index in [9.17, 15) is 17.6 Å². The Labute approximate surface area is 111 Å². The molecule has 2 rings (SSSR count). The number of hydrogen-bond donors (Lipinski definition) is 1. The van der Waals surface area contributed by atoms with Crippen molar-refractivity contribution < 1.29 is 17.6 Å². The Morgan fingerprint density at radius 3 is 2.47 bits per heavy atom. The van der Waals surface area contributed by atoms with Crippen molar-refractivity contribution in [2.24, 2.45) is 0 Å². The Hall–Kier alpha value is -1.82. The molecule has 0 bridgehead atoms. The first-order chi connectivity index (χ1) is 8.86. The van der Waals surface area contributed by atoms with Gasteiger partial charge >= 0.3 is 6.18 Å². The predicted molar refractivity (Wildman–Crippen MR) is 63.9 cm³/mol. The van der Waals surface area contributed by atoms with Crippen molar-refractivity contribution in [3.05, 3.63) is 52.9 Å². The Morgan fingerprint density at radius 1 is 1.11 bits per heavy atom. The van der Waals surface area contributed by atoms with Crippen molar-refractivity contribution in [1.82, 2.24) is 4.98 Å². The van der Waals surface area contributed by atoms with Gasteiger partial charge in [-0.3, -0.25) is 0 Å². The topological polar surface area (TPSA) is 24.9 Å². The van der Waals surface area contributed by atoms with Crippen LogP contribution in [0.5, 0.6) is 0 Å². The number of rotatable bonds is 2. The molecule has 0 radical (unpaired) electrons. The lowest BCUT2D eigenvalue weighted by Gasteiger charge is -2.10. The molecule has 7 heteroatoms. The van der Waals surface area contributed by atoms with Crippen LogP contribution in [0, 0.1) is 5.82 Å². The first-order valence-corrected chi connectivity index (χ1v) is 5.49. The molecule has 19 heavy (non-hydrogen) atoms. The first-order valence-electron chi connectivity index (χ1n) is 5.11. The van der Waals surface area contributed by atoms with Crippen LogP contribution in [0.4, 0.5) is 29.1 Å². The van der Waals surface area contributed by atoms with Crippen molar-refractivity contribution >= 4 is 23.1 Å². The lowest BCUT2D eigenvalue weighted by atomic mass is 10.2. The number of aromatic nitrogens is 1. The highest BCUT2D eigenvalue weighted by Gasteiger charge is 2.30. The van der Waals surface area contributed by atoms with E-state index in [2.05, 4.69) is 10.3 Å². The summed E-state index contributed by atoms with van der Waals surface area (Å²) in [6.07, 6.45) is -3.41. The third-order valence-electron chi connectivity index (χ3n) is 2.28. The quantitative estimate of drug-likeness (QED) is 0.815. The van der Waals surface area contributed by atoms with E-state index >= 15 is 0 Å². The normalized spacial score (nSPS) is 11.4. The average Bonchev–Trinajstić information content (AvgIpc) is 2.33. The second kappa shape index (κ2) is 5.05. The third kappa shape index (κ3) is 3.35. The summed E-state index contributed by atoms with van der Waals surface area (Å²) >= 11 is 5.57. The Balaban J connectivity index is 2.26. The first kappa shape index (κ1) is 13.6. The Morgan fingerprint density at radius 2 is 1.84 bits per heavy atom. The lowest BCUT2D eigenvalue weighted by molar-refractivity contribution is -0.137. The molecule has 0 aliphatic rings. The molecule has 0 saturated carbocycles. The molecular weight excluding hydrogens is 284 g/mol. The van der Waals surface area contributed by atoms with Gasteiger partial charge in [-0.25, -0.2) is 9.37 Å². The number of alkyl halides is 3. The minimum absolute atomic E-state index is 0.00231. The largest absolute Gasteiger partial charge is 0.416 e. The zero-order chi connectivity index (χ0) is 14.0. The zero-order valence-corrected chi connectivity index (χ0v) is 10.1. The second-order valence-corrected chi connectivity index (χ2v) is 4.09. The molecule has 1 heterocycles. The summed E-state index contributed by atoms with van der Waals surface area (Å²) in [5.74, 6) is -0.610. The number of pyridine rings is 1. The van der Waals surface area contributed by atoms with Crippen LogP contribution in [-0.4, -0.2) is 4.98 Å². The number of hydrogen-bond acceptors (Lipinski definition) is 2. The van der Waals surface area contributed by atoms with Gasteiger partial charge in [0, 0.05) is 11.9 Å². The molecule has 1 N–H and O–H groups in total. The molecule has 1 aromatic heterocycles. The van der Waals surface area contributed by atoms with Gasteiger partial charge in [-0.15, -0.1) is 0 Å². The molecule has 100 valence electrons. The van der Waals surface area contributed by atoms with E-state index < -0.39 is 17.6 Å². The molecule has 0 fully saturated rings. The van der Waals surface area contributed by atoms with Crippen molar-refractivity contribution in [2.75, 3.05) is 5.32 Å². The fourth-order valence-electron chi connectivity index (χ4n) is 1.40. The molecule has 0 atom stereocenters. The molecule has 1 aromatic carbocycles. The summed E-state index contributed by atoms with van der Waals surface area (Å²) in [5, 5.41) is 2.49. The summed E-state index contributed by atoms with van der Waals surface area (Å²) in [6, 6.07) is 5.44. The number of halogens is 5. The molecular formula is C12H7ClF4N2. The minimum atomic E-state index is -4.44. The molecule has 2 aromatic rings. The van der Waals surface area contributed by atoms with Crippen molar-refractivity contribution in [3.63, 3.8) is 0 Å². The summed E-state index contributed by atoms with van der Waals surface area (Å²) in [4.78, 5) is 3.75. The molecule has 2 nitrogen and oxygen atoms in total.